The van der Waals surface area contributed by atoms with Gasteiger partial charge in [-0.2, -0.15) is 0 Å². The van der Waals surface area contributed by atoms with Crippen LogP contribution in [0.1, 0.15) is 0 Å². The fraction of sp³-hybridized carbons (Fsp3) is 0.500. The molecule has 1 aliphatic heterocycles. The number of rotatable bonds is 0. The topological polar surface area (TPSA) is 9.23 Å². The number of hydrogen-bond acceptors (Lipinski definition) is 1. The van der Waals surface area contributed by atoms with Crippen LogP contribution >= 0.6 is 0 Å². The first-order valence-electron chi connectivity index (χ1n) is 1.17. The van der Waals surface area contributed by atoms with Gasteiger partial charge in [0.05, 0.1) is 12.1 Å². The van der Waals surface area contributed by atoms with Crippen LogP contribution in [0.25, 0.3) is 0 Å². The van der Waals surface area contributed by atoms with Crippen molar-refractivity contribution in [1.82, 2.24) is 0 Å². The molecular weight excluding hydrogens is 68.1 g/mol. The van der Waals surface area contributed by atoms with Crippen LogP contribution in [-0.4, -0.2) is 21.2 Å². The van der Waals surface area contributed by atoms with Gasteiger partial charge in [-0.25, -0.2) is 0 Å². The lowest BCUT2D eigenvalue weighted by molar-refractivity contribution is 0.380. The number of ether oxygens (including phenoxy) is 1. The standard InChI is InChI=1S/C2H3OSi/c1-3-2-4-1/h1H,2H2. The predicted molar refractivity (Wildman–Crippen MR) is 17.8 cm³/mol. The minimum Gasteiger partial charge on any atom is -0.507 e. The van der Waals surface area contributed by atoms with E-state index in [9.17, 15) is 0 Å². The molecule has 0 atom stereocenters. The molecule has 0 aromatic carbocycles. The molecule has 2 heteroatoms. The molecule has 1 aliphatic rings. The maximum Gasteiger partial charge on any atom is 0.116 e. The lowest BCUT2D eigenvalue weighted by atomic mass is 11.5. The Labute approximate surface area is 27.0 Å². The number of hydrogen-bond donors (Lipinski definition) is 0. The second kappa shape index (κ2) is 0.680. The van der Waals surface area contributed by atoms with Crippen LogP contribution in [0.5, 0.6) is 0 Å². The monoisotopic (exact) mass is 71.0 g/mol. The van der Waals surface area contributed by atoms with E-state index in [-0.39, 0.29) is 0 Å². The second-order valence-electron chi connectivity index (χ2n) is 0.633. The minimum absolute atomic E-state index is 0.972. The van der Waals surface area contributed by atoms with Crippen molar-refractivity contribution >= 4 is 15.0 Å². The van der Waals surface area contributed by atoms with Gasteiger partial charge in [0.15, 0.2) is 0 Å². The molecule has 0 saturated heterocycles. The molecule has 1 heterocycles. The van der Waals surface area contributed by atoms with Gasteiger partial charge in [0.1, 0.15) is 9.13 Å². The van der Waals surface area contributed by atoms with Gasteiger partial charge < -0.3 is 4.74 Å². The molecule has 4 heavy (non-hydrogen) atoms. The van der Waals surface area contributed by atoms with Gasteiger partial charge in [0, 0.05) is 0 Å². The molecule has 0 fully saturated rings. The summed E-state index contributed by atoms with van der Waals surface area (Å²) in [7, 11) is 0.974. The summed E-state index contributed by atoms with van der Waals surface area (Å²) in [5.74, 6) is 1.83. The molecule has 0 amide bonds. The van der Waals surface area contributed by atoms with Gasteiger partial charge in [-0.1, -0.05) is 0 Å². The van der Waals surface area contributed by atoms with Crippen LogP contribution < -0.4 is 0 Å². The summed E-state index contributed by atoms with van der Waals surface area (Å²) in [4.78, 5) is 0. The van der Waals surface area contributed by atoms with E-state index >= 15 is 0 Å². The molecule has 1 rings (SSSR count). The van der Waals surface area contributed by atoms with Gasteiger partial charge in [-0.15, -0.1) is 0 Å². The van der Waals surface area contributed by atoms with Crippen molar-refractivity contribution in [2.24, 2.45) is 0 Å². The van der Waals surface area contributed by atoms with Gasteiger partial charge in [-0.05, 0) is 0 Å². The highest BCUT2D eigenvalue weighted by atomic mass is 28.2. The Balaban J connectivity index is 2.47. The molecule has 21 valence electrons. The lowest BCUT2D eigenvalue weighted by Crippen LogP contribution is -2.09. The van der Waals surface area contributed by atoms with Crippen molar-refractivity contribution in [2.75, 3.05) is 6.23 Å². The normalized spacial score (nSPS) is 18.0. The fourth-order valence-electron chi connectivity index (χ4n) is 0.0833. The third-order valence-corrected chi connectivity index (χ3v) is 1.00. The van der Waals surface area contributed by atoms with Crippen LogP contribution in [0.3, 0.4) is 0 Å². The van der Waals surface area contributed by atoms with Gasteiger partial charge in [0.2, 0.25) is 0 Å². The summed E-state index contributed by atoms with van der Waals surface area (Å²) < 4.78 is 4.61. The predicted octanol–water partition coefficient (Wildman–Crippen LogP) is -0.562. The summed E-state index contributed by atoms with van der Waals surface area (Å²) in [6.07, 6.45) is 0.972. The molecule has 0 bridgehead atoms. The summed E-state index contributed by atoms with van der Waals surface area (Å²) >= 11 is 0. The maximum atomic E-state index is 4.61. The van der Waals surface area contributed by atoms with Crippen molar-refractivity contribution in [3.05, 3.63) is 0 Å². The Morgan fingerprint density at radius 1 is 2.00 bits per heavy atom. The van der Waals surface area contributed by atoms with E-state index in [1.807, 2.05) is 5.86 Å². The first-order valence-corrected chi connectivity index (χ1v) is 2.45. The van der Waals surface area contributed by atoms with Crippen molar-refractivity contribution in [3.63, 3.8) is 0 Å². The van der Waals surface area contributed by atoms with E-state index in [0.29, 0.717) is 0 Å². The average molecular weight is 71.1 g/mol. The van der Waals surface area contributed by atoms with Crippen molar-refractivity contribution < 1.29 is 4.74 Å². The largest absolute Gasteiger partial charge is 0.507 e. The smallest absolute Gasteiger partial charge is 0.116 e. The van der Waals surface area contributed by atoms with Gasteiger partial charge in [0.25, 0.3) is 0 Å². The maximum absolute atomic E-state index is 4.61. The zero-order valence-electron chi connectivity index (χ0n) is 2.19. The van der Waals surface area contributed by atoms with Crippen LogP contribution in [-0.2, 0) is 4.74 Å². The zero-order valence-corrected chi connectivity index (χ0v) is 3.19. The molecule has 0 saturated carbocycles. The fourth-order valence-corrected chi connectivity index (χ4v) is 0.250. The lowest BCUT2D eigenvalue weighted by Gasteiger charge is -1.98. The van der Waals surface area contributed by atoms with Gasteiger partial charge >= 0.3 is 0 Å². The Morgan fingerprint density at radius 3 is 2.25 bits per heavy atom. The molecule has 0 N–H and O–H groups in total. The van der Waals surface area contributed by atoms with Crippen molar-refractivity contribution in [3.8, 4) is 0 Å². The summed E-state index contributed by atoms with van der Waals surface area (Å²) in [6, 6.07) is 0. The average Bonchev–Trinajstić information content (AvgIpc) is 0.722. The molecule has 0 unspecified atom stereocenters. The molecule has 1 nitrogen and oxygen atoms in total. The SMILES string of the molecule is C1=[Si]CO1. The van der Waals surface area contributed by atoms with E-state index in [1.165, 1.54) is 0 Å². The van der Waals surface area contributed by atoms with Gasteiger partial charge in [-0.3, -0.25) is 0 Å². The minimum atomic E-state index is 0.972. The molecular formula is C2H3OSi. The highest BCUT2D eigenvalue weighted by molar-refractivity contribution is 6.49. The highest BCUT2D eigenvalue weighted by Gasteiger charge is 1.81. The molecule has 1 radical (unpaired) electrons. The van der Waals surface area contributed by atoms with Crippen LogP contribution in [0, 0.1) is 0 Å². The van der Waals surface area contributed by atoms with E-state index in [2.05, 4.69) is 4.74 Å². The summed E-state index contributed by atoms with van der Waals surface area (Å²) in [6.45, 7) is 0. The quantitative estimate of drug-likeness (QED) is 0.348. The Kier molecular flexibility index (Phi) is 0.365. The third-order valence-electron chi connectivity index (χ3n) is 0.333. The van der Waals surface area contributed by atoms with E-state index in [1.54, 1.807) is 0 Å². The molecule has 0 aromatic heterocycles. The zero-order chi connectivity index (χ0) is 2.83. The Morgan fingerprint density at radius 2 is 2.25 bits per heavy atom. The van der Waals surface area contributed by atoms with Crippen molar-refractivity contribution in [1.29, 1.82) is 0 Å². The Hall–Kier alpha value is -0.113. The van der Waals surface area contributed by atoms with E-state index in [0.717, 1.165) is 15.4 Å². The van der Waals surface area contributed by atoms with Crippen LogP contribution in [0.15, 0.2) is 0 Å². The second-order valence-corrected chi connectivity index (χ2v) is 1.57. The summed E-state index contributed by atoms with van der Waals surface area (Å²) in [5, 5.41) is 0. The molecule has 0 aromatic rings. The van der Waals surface area contributed by atoms with E-state index in [4.69, 9.17) is 0 Å². The van der Waals surface area contributed by atoms with E-state index < -0.39 is 0 Å². The van der Waals surface area contributed by atoms with Crippen LogP contribution in [0.2, 0.25) is 0 Å². The first kappa shape index (κ1) is 2.14. The highest BCUT2D eigenvalue weighted by Crippen LogP contribution is 1.65. The Bertz CT molecular complexity index is 35.3. The van der Waals surface area contributed by atoms with Crippen molar-refractivity contribution in [2.45, 2.75) is 0 Å². The molecule has 0 aliphatic carbocycles. The third kappa shape index (κ3) is 0.0982. The van der Waals surface area contributed by atoms with Crippen LogP contribution in [0.4, 0.5) is 0 Å². The molecule has 0 spiro atoms. The first-order chi connectivity index (χ1) is 2.00. The summed E-state index contributed by atoms with van der Waals surface area (Å²) in [5.41, 5.74) is 0.